The van der Waals surface area contributed by atoms with Gasteiger partial charge in [-0.2, -0.15) is 0 Å². The second-order valence-electron chi connectivity index (χ2n) is 9.91. The van der Waals surface area contributed by atoms with E-state index in [0.717, 1.165) is 32.1 Å². The molecule has 0 bridgehead atoms. The van der Waals surface area contributed by atoms with Crippen molar-refractivity contribution in [3.8, 4) is 0 Å². The fourth-order valence-electron chi connectivity index (χ4n) is 4.47. The number of hydrogen-bond donors (Lipinski definition) is 3. The van der Waals surface area contributed by atoms with E-state index in [1.54, 1.807) is 38.2 Å². The van der Waals surface area contributed by atoms with E-state index in [1.807, 2.05) is 0 Å². The smallest absolute Gasteiger partial charge is 0.408 e. The van der Waals surface area contributed by atoms with Crippen molar-refractivity contribution in [2.75, 3.05) is 26.7 Å². The van der Waals surface area contributed by atoms with Gasteiger partial charge in [-0.05, 0) is 43.4 Å². The minimum absolute atomic E-state index is 0.00371. The molecule has 40 heavy (non-hydrogen) atoms. The van der Waals surface area contributed by atoms with Gasteiger partial charge in [0.1, 0.15) is 25.5 Å². The molecule has 11 nitrogen and oxygen atoms in total. The second-order valence-corrected chi connectivity index (χ2v) is 10.4. The third-order valence-corrected chi connectivity index (χ3v) is 6.96. The first-order chi connectivity index (χ1) is 19.2. The lowest BCUT2D eigenvalue weighted by Crippen LogP contribution is -2.51. The molecule has 0 radical (unpaired) electrons. The van der Waals surface area contributed by atoms with Gasteiger partial charge in [0.2, 0.25) is 11.8 Å². The average Bonchev–Trinajstić information content (AvgIpc) is 2.94. The summed E-state index contributed by atoms with van der Waals surface area (Å²) < 4.78 is 10.3. The monoisotopic (exact) mass is 580 g/mol. The molecule has 1 aliphatic rings. The number of likely N-dealkylation sites (N-methyl/N-ethyl adjacent to an activating group) is 1. The van der Waals surface area contributed by atoms with Crippen LogP contribution in [0.15, 0.2) is 24.3 Å². The van der Waals surface area contributed by atoms with Crippen molar-refractivity contribution in [1.82, 2.24) is 20.9 Å². The van der Waals surface area contributed by atoms with Gasteiger partial charge in [-0.15, -0.1) is 0 Å². The fourth-order valence-corrected chi connectivity index (χ4v) is 4.68. The molecule has 222 valence electrons. The number of nitrogens with one attached hydrogen (secondary N) is 3. The van der Waals surface area contributed by atoms with E-state index in [0.29, 0.717) is 29.8 Å². The number of carbonyl (C=O) groups excluding carboxylic acids is 5. The molecule has 3 N–H and O–H groups in total. The van der Waals surface area contributed by atoms with Gasteiger partial charge in [0.15, 0.2) is 0 Å². The van der Waals surface area contributed by atoms with Crippen LogP contribution in [0.25, 0.3) is 0 Å². The zero-order valence-electron chi connectivity index (χ0n) is 23.3. The molecular formula is C28H41ClN4O7. The number of halogens is 1. The molecule has 0 heterocycles. The van der Waals surface area contributed by atoms with Crippen molar-refractivity contribution >= 4 is 41.9 Å². The second kappa shape index (κ2) is 18.1. The zero-order valence-corrected chi connectivity index (χ0v) is 24.0. The first kappa shape index (κ1) is 32.9. The van der Waals surface area contributed by atoms with Crippen LogP contribution in [0.5, 0.6) is 0 Å². The maximum Gasteiger partial charge on any atom is 0.408 e. The first-order valence-corrected chi connectivity index (χ1v) is 14.2. The summed E-state index contributed by atoms with van der Waals surface area (Å²) in [6.45, 7) is 2.42. The van der Waals surface area contributed by atoms with Gasteiger partial charge in [-0.3, -0.25) is 9.59 Å². The molecule has 12 heteroatoms. The van der Waals surface area contributed by atoms with Crippen LogP contribution in [-0.2, 0) is 30.5 Å². The molecule has 1 aromatic carbocycles. The molecule has 1 saturated carbocycles. The highest BCUT2D eigenvalue weighted by Crippen LogP contribution is 2.27. The van der Waals surface area contributed by atoms with E-state index in [9.17, 15) is 24.0 Å². The van der Waals surface area contributed by atoms with Crippen LogP contribution < -0.4 is 16.0 Å². The van der Waals surface area contributed by atoms with Crippen LogP contribution in [0.2, 0.25) is 5.02 Å². The van der Waals surface area contributed by atoms with Crippen molar-refractivity contribution in [2.24, 2.45) is 5.92 Å². The Balaban J connectivity index is 1.89. The molecule has 4 amide bonds. The SMILES string of the molecule is CCNC(=O)OCCN(C)C(=O)CC[C@@H](C=O)NC(=O)[C@H](CC1CCCCC1)NC(=O)OCc1cccc(Cl)c1. The van der Waals surface area contributed by atoms with Crippen molar-refractivity contribution in [1.29, 1.82) is 0 Å². The number of alkyl carbamates (subject to hydrolysis) is 2. The number of ether oxygens (including phenoxy) is 2. The van der Waals surface area contributed by atoms with Crippen LogP contribution in [0.3, 0.4) is 0 Å². The number of carbonyl (C=O) groups is 5. The minimum atomic E-state index is -0.908. The third kappa shape index (κ3) is 12.7. The quantitative estimate of drug-likeness (QED) is 0.269. The number of nitrogens with zero attached hydrogens (tertiary/aromatic N) is 1. The van der Waals surface area contributed by atoms with E-state index in [1.165, 1.54) is 4.90 Å². The molecule has 0 unspecified atom stereocenters. The van der Waals surface area contributed by atoms with Gasteiger partial charge < -0.3 is 35.1 Å². The lowest BCUT2D eigenvalue weighted by atomic mass is 9.84. The van der Waals surface area contributed by atoms with Crippen LogP contribution in [-0.4, -0.2) is 74.0 Å². The summed E-state index contributed by atoms with van der Waals surface area (Å²) in [4.78, 5) is 62.7. The Morgan fingerprint density at radius 3 is 2.52 bits per heavy atom. The predicted octanol–water partition coefficient (Wildman–Crippen LogP) is 3.57. The van der Waals surface area contributed by atoms with Crippen molar-refractivity contribution in [3.63, 3.8) is 0 Å². The number of amides is 4. The highest BCUT2D eigenvalue weighted by atomic mass is 35.5. The Bertz CT molecular complexity index is 987. The summed E-state index contributed by atoms with van der Waals surface area (Å²) in [6, 6.07) is 5.13. The van der Waals surface area contributed by atoms with Gasteiger partial charge in [0.05, 0.1) is 12.6 Å². The number of rotatable bonds is 15. The number of aldehydes is 1. The van der Waals surface area contributed by atoms with E-state index >= 15 is 0 Å². The highest BCUT2D eigenvalue weighted by Gasteiger charge is 2.28. The van der Waals surface area contributed by atoms with Crippen molar-refractivity contribution in [3.05, 3.63) is 34.9 Å². The molecule has 0 saturated heterocycles. The van der Waals surface area contributed by atoms with Crippen molar-refractivity contribution < 1.29 is 33.4 Å². The molecule has 1 fully saturated rings. The summed E-state index contributed by atoms with van der Waals surface area (Å²) >= 11 is 5.98. The third-order valence-electron chi connectivity index (χ3n) is 6.73. The van der Waals surface area contributed by atoms with Gasteiger partial charge in [0, 0.05) is 25.0 Å². The van der Waals surface area contributed by atoms with Crippen molar-refractivity contribution in [2.45, 2.75) is 77.0 Å². The summed E-state index contributed by atoms with van der Waals surface area (Å²) in [6.07, 6.45) is 5.01. The van der Waals surface area contributed by atoms with Crippen LogP contribution in [0.4, 0.5) is 9.59 Å². The van der Waals surface area contributed by atoms with E-state index in [2.05, 4.69) is 16.0 Å². The van der Waals surface area contributed by atoms with Gasteiger partial charge >= 0.3 is 12.2 Å². The Morgan fingerprint density at radius 1 is 1.10 bits per heavy atom. The maximum atomic E-state index is 13.2. The van der Waals surface area contributed by atoms with Gasteiger partial charge in [0.25, 0.3) is 0 Å². The molecule has 0 spiro atoms. The number of benzene rings is 1. The van der Waals surface area contributed by atoms with E-state index in [-0.39, 0.29) is 44.4 Å². The molecule has 2 rings (SSSR count). The number of hydrogen-bond acceptors (Lipinski definition) is 7. The Hall–Kier alpha value is -3.34. The largest absolute Gasteiger partial charge is 0.448 e. The lowest BCUT2D eigenvalue weighted by Gasteiger charge is -2.27. The Labute approximate surface area is 240 Å². The highest BCUT2D eigenvalue weighted by molar-refractivity contribution is 6.30. The molecule has 0 aromatic heterocycles. The van der Waals surface area contributed by atoms with Crippen LogP contribution in [0.1, 0.15) is 63.9 Å². The van der Waals surface area contributed by atoms with E-state index in [4.69, 9.17) is 21.1 Å². The van der Waals surface area contributed by atoms with Crippen LogP contribution >= 0.6 is 11.6 Å². The van der Waals surface area contributed by atoms with E-state index < -0.39 is 30.2 Å². The lowest BCUT2D eigenvalue weighted by molar-refractivity contribution is -0.131. The maximum absolute atomic E-state index is 13.2. The summed E-state index contributed by atoms with van der Waals surface area (Å²) in [7, 11) is 1.57. The predicted molar refractivity (Wildman–Crippen MR) is 150 cm³/mol. The van der Waals surface area contributed by atoms with Gasteiger partial charge in [-0.25, -0.2) is 9.59 Å². The summed E-state index contributed by atoms with van der Waals surface area (Å²) in [5.74, 6) is -0.496. The Morgan fingerprint density at radius 2 is 1.85 bits per heavy atom. The first-order valence-electron chi connectivity index (χ1n) is 13.8. The average molecular weight is 581 g/mol. The normalized spacial score (nSPS) is 14.8. The zero-order chi connectivity index (χ0) is 29.3. The molecule has 2 atom stereocenters. The molecule has 1 aromatic rings. The molecule has 0 aliphatic heterocycles. The summed E-state index contributed by atoms with van der Waals surface area (Å²) in [5, 5.41) is 8.34. The minimum Gasteiger partial charge on any atom is -0.448 e. The molecule has 1 aliphatic carbocycles. The molecular weight excluding hydrogens is 540 g/mol. The van der Waals surface area contributed by atoms with Gasteiger partial charge in [-0.1, -0.05) is 55.8 Å². The standard InChI is InChI=1S/C28H41ClN4O7/c1-3-30-27(37)39-15-14-33(2)25(35)13-12-23(18-34)31-26(36)24(17-20-8-5-4-6-9-20)32-28(38)40-19-21-10-7-11-22(29)16-21/h7,10-11,16,18,20,23-24H,3-6,8-9,12-15,17,19H2,1-2H3,(H,30,37)(H,31,36)(H,32,38)/t23-,24-/m0/s1. The summed E-state index contributed by atoms with van der Waals surface area (Å²) in [5.41, 5.74) is 0.711. The Kier molecular flexibility index (Phi) is 14.9. The fraction of sp³-hybridized carbons (Fsp3) is 0.607. The topological polar surface area (TPSA) is 143 Å². The van der Waals surface area contributed by atoms with Crippen LogP contribution in [0, 0.1) is 5.92 Å².